The van der Waals surface area contributed by atoms with Gasteiger partial charge < -0.3 is 14.9 Å². The molecule has 0 atom stereocenters. The molecule has 2 aromatic rings. The lowest BCUT2D eigenvalue weighted by Crippen LogP contribution is -2.07. The second-order valence-electron chi connectivity index (χ2n) is 3.48. The zero-order valence-corrected chi connectivity index (χ0v) is 9.28. The van der Waals surface area contributed by atoms with Gasteiger partial charge in [-0.05, 0) is 18.2 Å². The fourth-order valence-corrected chi connectivity index (χ4v) is 1.50. The largest absolute Gasteiger partial charge is 0.496 e. The van der Waals surface area contributed by atoms with Crippen LogP contribution in [-0.2, 0) is 6.18 Å². The van der Waals surface area contributed by atoms with Gasteiger partial charge in [-0.1, -0.05) is 0 Å². The Morgan fingerprint density at radius 1 is 1.33 bits per heavy atom. The number of nitrogens with two attached hydrogens (primary N) is 1. The van der Waals surface area contributed by atoms with Crippen molar-refractivity contribution in [1.82, 2.24) is 4.98 Å². The van der Waals surface area contributed by atoms with Gasteiger partial charge in [0.05, 0.1) is 18.9 Å². The minimum Gasteiger partial charge on any atom is -0.496 e. The predicted octanol–water partition coefficient (Wildman–Crippen LogP) is 2.95. The maximum absolute atomic E-state index is 12.8. The number of anilines is 1. The van der Waals surface area contributed by atoms with E-state index in [0.29, 0.717) is 0 Å². The molecule has 0 radical (unpaired) electrons. The third kappa shape index (κ3) is 2.24. The fraction of sp³-hybridized carbons (Fsp3) is 0.182. The van der Waals surface area contributed by atoms with Crippen LogP contribution in [0.5, 0.6) is 5.75 Å². The Morgan fingerprint density at radius 3 is 2.56 bits per heavy atom. The lowest BCUT2D eigenvalue weighted by atomic mass is 10.1. The summed E-state index contributed by atoms with van der Waals surface area (Å²) in [6.07, 6.45) is -3.25. The summed E-state index contributed by atoms with van der Waals surface area (Å²) in [5.74, 6) is -0.0839. The van der Waals surface area contributed by atoms with Crippen LogP contribution in [0.3, 0.4) is 0 Å². The number of alkyl halides is 3. The molecule has 0 fully saturated rings. The first-order valence-electron chi connectivity index (χ1n) is 4.88. The van der Waals surface area contributed by atoms with Crippen molar-refractivity contribution in [3.05, 3.63) is 30.0 Å². The number of aromatic nitrogens is 1. The highest BCUT2D eigenvalue weighted by Gasteiger charge is 2.34. The number of ether oxygens (including phenoxy) is 1. The summed E-state index contributed by atoms with van der Waals surface area (Å²) in [4.78, 5) is 3.63. The van der Waals surface area contributed by atoms with Crippen molar-refractivity contribution in [1.29, 1.82) is 0 Å². The van der Waals surface area contributed by atoms with Gasteiger partial charge in [-0.2, -0.15) is 13.2 Å². The molecule has 0 saturated heterocycles. The van der Waals surface area contributed by atoms with Crippen molar-refractivity contribution < 1.29 is 22.3 Å². The fourth-order valence-electron chi connectivity index (χ4n) is 1.50. The predicted molar refractivity (Wildman–Crippen MR) is 57.9 cm³/mol. The van der Waals surface area contributed by atoms with E-state index in [4.69, 9.17) is 10.2 Å². The summed E-state index contributed by atoms with van der Waals surface area (Å²) in [5.41, 5.74) is 4.62. The molecule has 2 N–H and O–H groups in total. The number of halogens is 3. The van der Waals surface area contributed by atoms with Crippen LogP contribution in [0, 0.1) is 0 Å². The maximum atomic E-state index is 12.8. The summed E-state index contributed by atoms with van der Waals surface area (Å²) < 4.78 is 48.0. The van der Waals surface area contributed by atoms with Gasteiger partial charge in [-0.15, -0.1) is 0 Å². The molecule has 96 valence electrons. The molecular formula is C11H9F3N2O2. The van der Waals surface area contributed by atoms with Crippen LogP contribution in [0.15, 0.2) is 28.8 Å². The van der Waals surface area contributed by atoms with Crippen LogP contribution in [-0.4, -0.2) is 12.1 Å². The van der Waals surface area contributed by atoms with Crippen molar-refractivity contribution in [3.63, 3.8) is 0 Å². The first kappa shape index (κ1) is 12.3. The van der Waals surface area contributed by atoms with Crippen LogP contribution in [0.1, 0.15) is 5.56 Å². The Morgan fingerprint density at radius 2 is 2.06 bits per heavy atom. The maximum Gasteiger partial charge on any atom is 0.419 e. The number of methoxy groups -OCH3 is 1. The average Bonchev–Trinajstić information content (AvgIpc) is 2.74. The molecule has 1 aromatic carbocycles. The zero-order valence-electron chi connectivity index (χ0n) is 9.28. The van der Waals surface area contributed by atoms with Crippen molar-refractivity contribution >= 4 is 6.01 Å². The minimum atomic E-state index is -4.51. The highest BCUT2D eigenvalue weighted by molar-refractivity contribution is 5.61. The lowest BCUT2D eigenvalue weighted by Gasteiger charge is -2.12. The van der Waals surface area contributed by atoms with E-state index < -0.39 is 11.7 Å². The Balaban J connectivity index is 2.52. The van der Waals surface area contributed by atoms with E-state index in [1.807, 2.05) is 0 Å². The third-order valence-corrected chi connectivity index (χ3v) is 2.31. The van der Waals surface area contributed by atoms with Crippen LogP contribution < -0.4 is 10.5 Å². The Kier molecular flexibility index (Phi) is 2.90. The summed E-state index contributed by atoms with van der Waals surface area (Å²) in [5, 5.41) is 0. The summed E-state index contributed by atoms with van der Waals surface area (Å²) in [7, 11) is 1.18. The Labute approximate surface area is 100 Å². The first-order chi connectivity index (χ1) is 8.41. The van der Waals surface area contributed by atoms with Crippen LogP contribution in [0.4, 0.5) is 19.2 Å². The second kappa shape index (κ2) is 4.25. The quantitative estimate of drug-likeness (QED) is 0.899. The average molecular weight is 258 g/mol. The lowest BCUT2D eigenvalue weighted by molar-refractivity contribution is -0.138. The SMILES string of the molecule is COc1ccc(-c2cnc(N)o2)cc1C(F)(F)F. The van der Waals surface area contributed by atoms with E-state index in [1.54, 1.807) is 0 Å². The highest BCUT2D eigenvalue weighted by Crippen LogP contribution is 2.38. The van der Waals surface area contributed by atoms with E-state index in [0.717, 1.165) is 6.07 Å². The Bertz CT molecular complexity index is 564. The molecular weight excluding hydrogens is 249 g/mol. The molecule has 0 amide bonds. The smallest absolute Gasteiger partial charge is 0.419 e. The molecule has 2 rings (SSSR count). The molecule has 1 heterocycles. The number of hydrogen-bond donors (Lipinski definition) is 1. The molecule has 0 aliphatic rings. The first-order valence-corrected chi connectivity index (χ1v) is 4.88. The van der Waals surface area contributed by atoms with Gasteiger partial charge in [0.25, 0.3) is 6.01 Å². The van der Waals surface area contributed by atoms with E-state index in [2.05, 4.69) is 9.72 Å². The molecule has 0 saturated carbocycles. The van der Waals surface area contributed by atoms with Gasteiger partial charge in [-0.25, -0.2) is 4.98 Å². The number of nitrogen functional groups attached to an aromatic ring is 1. The highest BCUT2D eigenvalue weighted by atomic mass is 19.4. The Hall–Kier alpha value is -2.18. The standard InChI is InChI=1S/C11H9F3N2O2/c1-17-8-3-2-6(4-7(8)11(12,13)14)9-5-16-10(15)18-9/h2-5H,1H3,(H2,15,16). The second-order valence-corrected chi connectivity index (χ2v) is 3.48. The van der Waals surface area contributed by atoms with Gasteiger partial charge in [0.15, 0.2) is 5.76 Å². The van der Waals surface area contributed by atoms with E-state index in [-0.39, 0.29) is 23.1 Å². The third-order valence-electron chi connectivity index (χ3n) is 2.31. The van der Waals surface area contributed by atoms with E-state index >= 15 is 0 Å². The zero-order chi connectivity index (χ0) is 13.3. The van der Waals surface area contributed by atoms with Crippen LogP contribution >= 0.6 is 0 Å². The normalized spacial score (nSPS) is 11.6. The monoisotopic (exact) mass is 258 g/mol. The number of hydrogen-bond acceptors (Lipinski definition) is 4. The van der Waals surface area contributed by atoms with E-state index in [9.17, 15) is 13.2 Å². The summed E-state index contributed by atoms with van der Waals surface area (Å²) >= 11 is 0. The molecule has 7 heteroatoms. The van der Waals surface area contributed by atoms with Gasteiger partial charge >= 0.3 is 6.18 Å². The molecule has 0 unspecified atom stereocenters. The van der Waals surface area contributed by atoms with Crippen molar-refractivity contribution in [2.75, 3.05) is 12.8 Å². The summed E-state index contributed by atoms with van der Waals surface area (Å²) in [6.45, 7) is 0. The minimum absolute atomic E-state index is 0.102. The van der Waals surface area contributed by atoms with Crippen molar-refractivity contribution in [2.24, 2.45) is 0 Å². The van der Waals surface area contributed by atoms with Gasteiger partial charge in [-0.3, -0.25) is 0 Å². The number of oxazole rings is 1. The molecule has 0 aliphatic carbocycles. The molecule has 1 aromatic heterocycles. The molecule has 0 aliphatic heterocycles. The van der Waals surface area contributed by atoms with Crippen LogP contribution in [0.2, 0.25) is 0 Å². The van der Waals surface area contributed by atoms with Gasteiger partial charge in [0.2, 0.25) is 0 Å². The summed E-state index contributed by atoms with van der Waals surface area (Å²) in [6, 6.07) is 3.48. The van der Waals surface area contributed by atoms with Crippen LogP contribution in [0.25, 0.3) is 11.3 Å². The number of nitrogens with zero attached hydrogens (tertiary/aromatic N) is 1. The molecule has 0 bridgehead atoms. The van der Waals surface area contributed by atoms with Gasteiger partial charge in [0, 0.05) is 5.56 Å². The number of rotatable bonds is 2. The molecule has 0 spiro atoms. The number of benzene rings is 1. The molecule has 4 nitrogen and oxygen atoms in total. The van der Waals surface area contributed by atoms with E-state index in [1.165, 1.54) is 25.4 Å². The molecule has 18 heavy (non-hydrogen) atoms. The van der Waals surface area contributed by atoms with Crippen molar-refractivity contribution in [3.8, 4) is 17.1 Å². The topological polar surface area (TPSA) is 61.3 Å². The van der Waals surface area contributed by atoms with Gasteiger partial charge in [0.1, 0.15) is 5.75 Å². The van der Waals surface area contributed by atoms with Crippen molar-refractivity contribution in [2.45, 2.75) is 6.18 Å².